The van der Waals surface area contributed by atoms with E-state index >= 15 is 0 Å². The Morgan fingerprint density at radius 2 is 1.86 bits per heavy atom. The van der Waals surface area contributed by atoms with Crippen molar-refractivity contribution >= 4 is 21.6 Å². The lowest BCUT2D eigenvalue weighted by Crippen LogP contribution is -2.30. The Morgan fingerprint density at radius 1 is 1.18 bits per heavy atom. The SMILES string of the molecule is COc1ccc(S(=O)(=O)NC2CC2)cc1NC(=O)[C@@H](C)Oc1ccc(F)cc1. The molecule has 0 radical (unpaired) electrons. The van der Waals surface area contributed by atoms with E-state index < -0.39 is 27.9 Å². The first-order valence-electron chi connectivity index (χ1n) is 8.72. The molecule has 9 heteroatoms. The Kier molecular flexibility index (Phi) is 5.85. The van der Waals surface area contributed by atoms with Crippen molar-refractivity contribution in [2.45, 2.75) is 36.8 Å². The molecule has 28 heavy (non-hydrogen) atoms. The van der Waals surface area contributed by atoms with Crippen molar-refractivity contribution in [3.63, 3.8) is 0 Å². The lowest BCUT2D eigenvalue weighted by molar-refractivity contribution is -0.122. The van der Waals surface area contributed by atoms with Crippen LogP contribution in [0.4, 0.5) is 10.1 Å². The standard InChI is InChI=1S/C19H21FN2O5S/c1-12(27-15-7-3-13(20)4-8-15)19(23)21-17-11-16(9-10-18(17)26-2)28(24,25)22-14-5-6-14/h3-4,7-12,14,22H,5-6H2,1-2H3,(H,21,23)/t12-/m1/s1. The van der Waals surface area contributed by atoms with Gasteiger partial charge in [0.05, 0.1) is 17.7 Å². The van der Waals surface area contributed by atoms with Gasteiger partial charge in [-0.15, -0.1) is 0 Å². The number of anilines is 1. The number of amides is 1. The molecule has 0 unspecified atom stereocenters. The van der Waals surface area contributed by atoms with Crippen molar-refractivity contribution in [2.75, 3.05) is 12.4 Å². The van der Waals surface area contributed by atoms with Gasteiger partial charge in [-0.1, -0.05) is 0 Å². The van der Waals surface area contributed by atoms with E-state index in [0.717, 1.165) is 12.8 Å². The monoisotopic (exact) mass is 408 g/mol. The second-order valence-electron chi connectivity index (χ2n) is 6.46. The number of nitrogens with one attached hydrogen (secondary N) is 2. The van der Waals surface area contributed by atoms with Crippen molar-refractivity contribution in [3.8, 4) is 11.5 Å². The fourth-order valence-electron chi connectivity index (χ4n) is 2.45. The molecule has 0 aliphatic heterocycles. The molecule has 1 atom stereocenters. The van der Waals surface area contributed by atoms with Gasteiger partial charge in [0.15, 0.2) is 6.10 Å². The normalized spacial score (nSPS) is 15.0. The number of carbonyl (C=O) groups is 1. The lowest BCUT2D eigenvalue weighted by atomic mass is 10.2. The third-order valence-corrected chi connectivity index (χ3v) is 5.65. The molecule has 1 fully saturated rings. The molecule has 2 N–H and O–H groups in total. The molecule has 0 saturated heterocycles. The Hall–Kier alpha value is -2.65. The van der Waals surface area contributed by atoms with Crippen LogP contribution in [0.3, 0.4) is 0 Å². The Bertz CT molecular complexity index is 959. The second-order valence-corrected chi connectivity index (χ2v) is 8.17. The van der Waals surface area contributed by atoms with Gasteiger partial charge in [-0.3, -0.25) is 4.79 Å². The third-order valence-electron chi connectivity index (χ3n) is 4.13. The van der Waals surface area contributed by atoms with E-state index in [9.17, 15) is 17.6 Å². The number of sulfonamides is 1. The molecule has 2 aromatic carbocycles. The van der Waals surface area contributed by atoms with E-state index in [-0.39, 0.29) is 16.6 Å². The molecule has 0 bridgehead atoms. The summed E-state index contributed by atoms with van der Waals surface area (Å²) in [6.45, 7) is 1.53. The number of hydrogen-bond donors (Lipinski definition) is 2. The summed E-state index contributed by atoms with van der Waals surface area (Å²) >= 11 is 0. The van der Waals surface area contributed by atoms with Crippen molar-refractivity contribution in [2.24, 2.45) is 0 Å². The molecule has 0 heterocycles. The highest BCUT2D eigenvalue weighted by Gasteiger charge is 2.28. The van der Waals surface area contributed by atoms with Gasteiger partial charge in [-0.25, -0.2) is 17.5 Å². The summed E-state index contributed by atoms with van der Waals surface area (Å²) in [5.74, 6) is -0.270. The van der Waals surface area contributed by atoms with Crippen LogP contribution < -0.4 is 19.5 Å². The van der Waals surface area contributed by atoms with Gasteiger partial charge in [0, 0.05) is 6.04 Å². The van der Waals surface area contributed by atoms with Gasteiger partial charge in [0.2, 0.25) is 10.0 Å². The number of rotatable bonds is 8. The molecule has 2 aromatic rings. The molecule has 150 valence electrons. The maximum Gasteiger partial charge on any atom is 0.265 e. The summed E-state index contributed by atoms with van der Waals surface area (Å²) in [5, 5.41) is 2.62. The second kappa shape index (κ2) is 8.15. The van der Waals surface area contributed by atoms with Crippen molar-refractivity contribution in [1.29, 1.82) is 0 Å². The van der Waals surface area contributed by atoms with Crippen LogP contribution in [0.15, 0.2) is 47.4 Å². The first kappa shape index (κ1) is 20.1. The Morgan fingerprint density at radius 3 is 2.46 bits per heavy atom. The van der Waals surface area contributed by atoms with Gasteiger partial charge in [-0.2, -0.15) is 0 Å². The van der Waals surface area contributed by atoms with Crippen LogP contribution in [0, 0.1) is 5.82 Å². The highest BCUT2D eigenvalue weighted by atomic mass is 32.2. The number of ether oxygens (including phenoxy) is 2. The zero-order valence-electron chi connectivity index (χ0n) is 15.4. The van der Waals surface area contributed by atoms with E-state index in [0.29, 0.717) is 11.5 Å². The van der Waals surface area contributed by atoms with E-state index in [1.165, 1.54) is 56.5 Å². The fraction of sp³-hybridized carbons (Fsp3) is 0.316. The highest BCUT2D eigenvalue weighted by molar-refractivity contribution is 7.89. The van der Waals surface area contributed by atoms with Gasteiger partial charge >= 0.3 is 0 Å². The summed E-state index contributed by atoms with van der Waals surface area (Å²) < 4.78 is 51.1. The maximum absolute atomic E-state index is 13.0. The minimum Gasteiger partial charge on any atom is -0.495 e. The predicted octanol–water partition coefficient (Wildman–Crippen LogP) is 2.68. The molecule has 7 nitrogen and oxygen atoms in total. The number of benzene rings is 2. The van der Waals surface area contributed by atoms with Gasteiger partial charge < -0.3 is 14.8 Å². The number of carbonyl (C=O) groups excluding carboxylic acids is 1. The van der Waals surface area contributed by atoms with E-state index in [1.807, 2.05) is 0 Å². The van der Waals surface area contributed by atoms with Crippen molar-refractivity contribution in [1.82, 2.24) is 4.72 Å². The Balaban J connectivity index is 1.74. The zero-order chi connectivity index (χ0) is 20.3. The predicted molar refractivity (Wildman–Crippen MR) is 101 cm³/mol. The number of methoxy groups -OCH3 is 1. The van der Waals surface area contributed by atoms with Crippen LogP contribution in [0.1, 0.15) is 19.8 Å². The van der Waals surface area contributed by atoms with Gasteiger partial charge in [-0.05, 0) is 62.2 Å². The van der Waals surface area contributed by atoms with Gasteiger partial charge in [0.25, 0.3) is 5.91 Å². The summed E-state index contributed by atoms with van der Waals surface area (Å²) in [5.41, 5.74) is 0.209. The van der Waals surface area contributed by atoms with E-state index in [2.05, 4.69) is 10.0 Å². The van der Waals surface area contributed by atoms with Crippen LogP contribution in [0.25, 0.3) is 0 Å². The summed E-state index contributed by atoms with van der Waals surface area (Å²) in [4.78, 5) is 12.5. The van der Waals surface area contributed by atoms with Crippen molar-refractivity contribution in [3.05, 3.63) is 48.3 Å². The molecule has 0 aromatic heterocycles. The topological polar surface area (TPSA) is 93.7 Å². The average molecular weight is 408 g/mol. The molecule has 1 aliphatic rings. The molecular weight excluding hydrogens is 387 g/mol. The van der Waals surface area contributed by atoms with Crippen LogP contribution in [-0.4, -0.2) is 33.6 Å². The highest BCUT2D eigenvalue weighted by Crippen LogP contribution is 2.29. The van der Waals surface area contributed by atoms with Gasteiger partial charge in [0.1, 0.15) is 17.3 Å². The van der Waals surface area contributed by atoms with Crippen LogP contribution >= 0.6 is 0 Å². The zero-order valence-corrected chi connectivity index (χ0v) is 16.3. The van der Waals surface area contributed by atoms with Crippen molar-refractivity contribution < 1.29 is 27.1 Å². The quantitative estimate of drug-likeness (QED) is 0.701. The molecule has 1 saturated carbocycles. The molecule has 0 spiro atoms. The van der Waals surface area contributed by atoms with Crippen LogP contribution in [0.5, 0.6) is 11.5 Å². The van der Waals surface area contributed by atoms with E-state index in [1.54, 1.807) is 0 Å². The first-order valence-corrected chi connectivity index (χ1v) is 10.2. The summed E-state index contributed by atoms with van der Waals surface area (Å²) in [6, 6.07) is 9.47. The van der Waals surface area contributed by atoms with Crippen LogP contribution in [-0.2, 0) is 14.8 Å². The minimum atomic E-state index is -3.68. The molecule has 1 amide bonds. The van der Waals surface area contributed by atoms with Crippen LogP contribution in [0.2, 0.25) is 0 Å². The number of halogens is 1. The first-order chi connectivity index (χ1) is 13.3. The summed E-state index contributed by atoms with van der Waals surface area (Å²) in [6.07, 6.45) is 0.731. The smallest absolute Gasteiger partial charge is 0.265 e. The lowest BCUT2D eigenvalue weighted by Gasteiger charge is -2.17. The van der Waals surface area contributed by atoms with E-state index in [4.69, 9.17) is 9.47 Å². The molecule has 3 rings (SSSR count). The third kappa shape index (κ3) is 4.99. The summed E-state index contributed by atoms with van der Waals surface area (Å²) in [7, 11) is -2.26. The fourth-order valence-corrected chi connectivity index (χ4v) is 3.78. The maximum atomic E-state index is 13.0. The minimum absolute atomic E-state index is 0.0302. The molecular formula is C19H21FN2O5S. The Labute approximate surface area is 162 Å². The average Bonchev–Trinajstić information content (AvgIpc) is 3.46. The largest absolute Gasteiger partial charge is 0.495 e. The molecule has 1 aliphatic carbocycles. The number of hydrogen-bond acceptors (Lipinski definition) is 5.